The molecule has 1 aromatic heterocycles. The average Bonchev–Trinajstić information content (AvgIpc) is 3.33. The first-order chi connectivity index (χ1) is 18.1. The molecule has 0 unspecified atom stereocenters. The molecule has 0 radical (unpaired) electrons. The van der Waals surface area contributed by atoms with Gasteiger partial charge in [0.05, 0.1) is 24.2 Å². The Kier molecular flexibility index (Phi) is 10.0. The first kappa shape index (κ1) is 28.9. The van der Waals surface area contributed by atoms with Gasteiger partial charge in [-0.3, -0.25) is 10.1 Å². The van der Waals surface area contributed by atoms with Crippen LogP contribution in [-0.4, -0.2) is 48.8 Å². The molecular weight excluding hydrogens is 534 g/mol. The van der Waals surface area contributed by atoms with Crippen molar-refractivity contribution in [3.8, 4) is 11.3 Å². The van der Waals surface area contributed by atoms with Gasteiger partial charge >= 0.3 is 6.09 Å². The highest BCUT2D eigenvalue weighted by atomic mass is 35.5. The summed E-state index contributed by atoms with van der Waals surface area (Å²) in [7, 11) is 0. The fraction of sp³-hybridized carbons (Fsp3) is 0.292. The van der Waals surface area contributed by atoms with Gasteiger partial charge in [-0.1, -0.05) is 41.0 Å². The second-order valence-electron chi connectivity index (χ2n) is 8.16. The van der Waals surface area contributed by atoms with Crippen LogP contribution in [0.1, 0.15) is 12.0 Å². The third kappa shape index (κ3) is 8.71. The van der Waals surface area contributed by atoms with Gasteiger partial charge in [0.1, 0.15) is 18.2 Å². The zero-order valence-corrected chi connectivity index (χ0v) is 20.5. The minimum Gasteiger partial charge on any atom is -0.447 e. The molecule has 0 fully saturated rings. The topological polar surface area (TPSA) is 132 Å². The van der Waals surface area contributed by atoms with E-state index in [0.717, 1.165) is 0 Å². The smallest absolute Gasteiger partial charge is 0.412 e. The molecule has 9 nitrogen and oxygen atoms in total. The number of halogens is 5. The molecule has 0 saturated heterocycles. The number of hydrogen-bond donors (Lipinski definition) is 4. The molecule has 1 atom stereocenters. The minimum atomic E-state index is -3.34. The Morgan fingerprint density at radius 2 is 1.92 bits per heavy atom. The number of alkyl halides is 2. The highest BCUT2D eigenvalue weighted by Gasteiger charge is 2.32. The summed E-state index contributed by atoms with van der Waals surface area (Å²) in [6, 6.07) is 9.70. The highest BCUT2D eigenvalue weighted by molar-refractivity contribution is 6.31. The lowest BCUT2D eigenvalue weighted by Crippen LogP contribution is -2.47. The van der Waals surface area contributed by atoms with E-state index in [4.69, 9.17) is 26.6 Å². The molecule has 0 aliphatic carbocycles. The maximum atomic E-state index is 13.9. The third-order valence-electron chi connectivity index (χ3n) is 5.11. The Bertz CT molecular complexity index is 1260. The summed E-state index contributed by atoms with van der Waals surface area (Å²) in [4.78, 5) is 24.5. The van der Waals surface area contributed by atoms with Gasteiger partial charge in [-0.15, -0.1) is 0 Å². The van der Waals surface area contributed by atoms with Crippen LogP contribution in [0.2, 0.25) is 5.02 Å². The number of amides is 2. The van der Waals surface area contributed by atoms with Crippen molar-refractivity contribution in [3.63, 3.8) is 0 Å². The quantitative estimate of drug-likeness (QED) is 0.247. The average molecular weight is 558 g/mol. The molecule has 3 aromatic rings. The first-order valence-electron chi connectivity index (χ1n) is 11.2. The van der Waals surface area contributed by atoms with Crippen LogP contribution >= 0.6 is 11.6 Å². The van der Waals surface area contributed by atoms with E-state index in [2.05, 4.69) is 21.1 Å². The maximum absolute atomic E-state index is 13.9. The van der Waals surface area contributed by atoms with Crippen molar-refractivity contribution in [2.24, 2.45) is 5.73 Å². The molecule has 14 heteroatoms. The van der Waals surface area contributed by atoms with E-state index in [9.17, 15) is 27.2 Å². The largest absolute Gasteiger partial charge is 0.447 e. The number of benzene rings is 2. The lowest BCUT2D eigenvalue weighted by atomic mass is 10.1. The van der Waals surface area contributed by atoms with Crippen LogP contribution in [0.5, 0.6) is 0 Å². The van der Waals surface area contributed by atoms with Crippen molar-refractivity contribution in [1.29, 1.82) is 0 Å². The summed E-state index contributed by atoms with van der Waals surface area (Å²) in [5.74, 6) is -5.04. The Balaban J connectivity index is 1.52. The molecule has 0 aliphatic rings. The van der Waals surface area contributed by atoms with Crippen molar-refractivity contribution >= 4 is 29.4 Å². The summed E-state index contributed by atoms with van der Waals surface area (Å²) >= 11 is 5.86. The highest BCUT2D eigenvalue weighted by Crippen LogP contribution is 2.23. The van der Waals surface area contributed by atoms with Crippen LogP contribution in [-0.2, 0) is 16.1 Å². The molecule has 3 rings (SSSR count). The predicted molar refractivity (Wildman–Crippen MR) is 131 cm³/mol. The summed E-state index contributed by atoms with van der Waals surface area (Å²) < 4.78 is 64.8. The van der Waals surface area contributed by atoms with Gasteiger partial charge in [-0.05, 0) is 23.8 Å². The van der Waals surface area contributed by atoms with Crippen LogP contribution in [0.4, 0.5) is 28.2 Å². The first-order valence-corrected chi connectivity index (χ1v) is 11.6. The van der Waals surface area contributed by atoms with Crippen LogP contribution in [0.15, 0.2) is 53.1 Å². The number of nitrogens with one attached hydrogen (secondary N) is 3. The second-order valence-corrected chi connectivity index (χ2v) is 8.53. The SMILES string of the molecule is NCC(F)(F)C[C@@H](COC(=O)Nc1cc(-c2cccc(F)c2)on1)NC(=O)CNCc1cccc(F)c1Cl. The van der Waals surface area contributed by atoms with Crippen LogP contribution in [0.25, 0.3) is 11.3 Å². The van der Waals surface area contributed by atoms with E-state index in [-0.39, 0.29) is 29.7 Å². The van der Waals surface area contributed by atoms with Crippen molar-refractivity contribution < 1.29 is 36.4 Å². The second kappa shape index (κ2) is 13.2. The van der Waals surface area contributed by atoms with Crippen LogP contribution < -0.4 is 21.7 Å². The molecule has 38 heavy (non-hydrogen) atoms. The zero-order valence-electron chi connectivity index (χ0n) is 19.8. The van der Waals surface area contributed by atoms with Gasteiger partial charge in [0.25, 0.3) is 5.92 Å². The van der Waals surface area contributed by atoms with Gasteiger partial charge in [0, 0.05) is 24.6 Å². The molecule has 204 valence electrons. The lowest BCUT2D eigenvalue weighted by molar-refractivity contribution is -0.122. The van der Waals surface area contributed by atoms with Gasteiger partial charge < -0.3 is 25.6 Å². The number of carbonyl (C=O) groups is 2. The Morgan fingerprint density at radius 3 is 2.66 bits per heavy atom. The number of aromatic nitrogens is 1. The zero-order chi connectivity index (χ0) is 27.7. The van der Waals surface area contributed by atoms with E-state index in [1.54, 1.807) is 12.1 Å². The number of anilines is 1. The van der Waals surface area contributed by atoms with Crippen molar-refractivity contribution in [3.05, 3.63) is 70.8 Å². The van der Waals surface area contributed by atoms with Gasteiger partial charge in [0.15, 0.2) is 11.6 Å². The molecule has 2 amide bonds. The summed E-state index contributed by atoms with van der Waals surface area (Å²) in [5.41, 5.74) is 5.87. The summed E-state index contributed by atoms with van der Waals surface area (Å²) in [5, 5.41) is 10.9. The fourth-order valence-corrected chi connectivity index (χ4v) is 3.49. The maximum Gasteiger partial charge on any atom is 0.412 e. The van der Waals surface area contributed by atoms with Crippen LogP contribution in [0, 0.1) is 11.6 Å². The van der Waals surface area contributed by atoms with E-state index in [1.165, 1.54) is 36.4 Å². The standard InChI is InChI=1S/C24H24ClF4N5O4/c25-22-15(4-2-6-18(22)27)10-31-11-21(35)32-17(9-24(28,29)13-30)12-37-23(36)33-20-8-19(38-34-20)14-3-1-5-16(26)7-14/h1-8,17,31H,9-13,30H2,(H,32,35)(H,33,34,36)/t17-/m0/s1. The molecule has 0 spiro atoms. The van der Waals surface area contributed by atoms with Crippen molar-refractivity contribution in [1.82, 2.24) is 15.8 Å². The molecular formula is C24H24ClF4N5O4. The third-order valence-corrected chi connectivity index (χ3v) is 5.53. The number of rotatable bonds is 12. The number of ether oxygens (including phenoxy) is 1. The Hall–Kier alpha value is -3.68. The molecule has 0 aliphatic heterocycles. The van der Waals surface area contributed by atoms with Gasteiger partial charge in [-0.2, -0.15) is 0 Å². The molecule has 5 N–H and O–H groups in total. The molecule has 1 heterocycles. The number of nitrogens with two attached hydrogens (primary N) is 1. The normalized spacial score (nSPS) is 12.2. The van der Waals surface area contributed by atoms with E-state index < -0.39 is 55.2 Å². The number of hydrogen-bond acceptors (Lipinski definition) is 7. The fourth-order valence-electron chi connectivity index (χ4n) is 3.30. The van der Waals surface area contributed by atoms with Crippen molar-refractivity contribution in [2.45, 2.75) is 24.9 Å². The molecule has 0 bridgehead atoms. The summed E-state index contributed by atoms with van der Waals surface area (Å²) in [6.07, 6.45) is -1.95. The van der Waals surface area contributed by atoms with Gasteiger partial charge in [-0.25, -0.2) is 22.4 Å². The summed E-state index contributed by atoms with van der Waals surface area (Å²) in [6.45, 7) is -1.87. The number of carbonyl (C=O) groups excluding carboxylic acids is 2. The molecule has 0 saturated carbocycles. The van der Waals surface area contributed by atoms with Crippen LogP contribution in [0.3, 0.4) is 0 Å². The Morgan fingerprint density at radius 1 is 1.16 bits per heavy atom. The van der Waals surface area contributed by atoms with E-state index in [0.29, 0.717) is 11.1 Å². The number of nitrogens with zero attached hydrogens (tertiary/aromatic N) is 1. The van der Waals surface area contributed by atoms with Gasteiger partial charge in [0.2, 0.25) is 5.91 Å². The Labute approximate surface area is 219 Å². The minimum absolute atomic E-state index is 0.0435. The van der Waals surface area contributed by atoms with Crippen molar-refractivity contribution in [2.75, 3.05) is 25.0 Å². The predicted octanol–water partition coefficient (Wildman–Crippen LogP) is 4.08. The van der Waals surface area contributed by atoms with E-state index in [1.807, 2.05) is 0 Å². The van der Waals surface area contributed by atoms with E-state index >= 15 is 0 Å². The lowest BCUT2D eigenvalue weighted by Gasteiger charge is -2.23. The molecule has 2 aromatic carbocycles. The monoisotopic (exact) mass is 557 g/mol.